The summed E-state index contributed by atoms with van der Waals surface area (Å²) in [6, 6.07) is 33.2. The van der Waals surface area contributed by atoms with E-state index in [1.807, 2.05) is 65.6 Å². The van der Waals surface area contributed by atoms with Gasteiger partial charge in [0.05, 0.1) is 94.2 Å². The average Bonchev–Trinajstić information content (AvgIpc) is 1.61. The Bertz CT molecular complexity index is 6500. The van der Waals surface area contributed by atoms with Crippen molar-refractivity contribution in [2.75, 3.05) is 84.2 Å². The molecule has 5 aliphatic rings. The molecule has 0 fully saturated rings. The fourth-order valence-corrected chi connectivity index (χ4v) is 17.8. The van der Waals surface area contributed by atoms with Crippen LogP contribution in [-0.4, -0.2) is 66.1 Å². The van der Waals surface area contributed by atoms with Crippen LogP contribution in [0, 0.1) is 190 Å². The van der Waals surface area contributed by atoms with Gasteiger partial charge in [0.25, 0.3) is 0 Å². The van der Waals surface area contributed by atoms with Gasteiger partial charge in [-0.1, -0.05) is 30.3 Å². The van der Waals surface area contributed by atoms with Gasteiger partial charge in [0.1, 0.15) is 30.8 Å². The maximum Gasteiger partial charge on any atom is 0.202 e. The van der Waals surface area contributed by atoms with Crippen LogP contribution in [0.2, 0.25) is 0 Å². The van der Waals surface area contributed by atoms with Gasteiger partial charge in [-0.2, -0.15) is 0 Å². The molecule has 0 bridgehead atoms. The largest absolute Gasteiger partial charge is 0.355 e. The molecule has 5 aliphatic heterocycles. The molecule has 0 aliphatic carbocycles. The van der Waals surface area contributed by atoms with Gasteiger partial charge in [0.15, 0.2) is 28.4 Å². The zero-order chi connectivity index (χ0) is 90.6. The number of hydrogen-bond donors (Lipinski definition) is 0. The van der Waals surface area contributed by atoms with Gasteiger partial charge >= 0.3 is 0 Å². The minimum atomic E-state index is 0.0788. The van der Waals surface area contributed by atoms with E-state index >= 15 is 0 Å². The second-order valence-electron chi connectivity index (χ2n) is 33.0. The van der Waals surface area contributed by atoms with Gasteiger partial charge in [-0.3, -0.25) is 0 Å². The highest BCUT2D eigenvalue weighted by atomic mass is 15.4. The summed E-state index contributed by atoms with van der Waals surface area (Å²) in [5, 5.41) is 0. The molecule has 5 heterocycles. The molecule has 0 radical (unpaired) electrons. The van der Waals surface area contributed by atoms with Gasteiger partial charge < -0.3 is 49.0 Å². The molecule has 0 aromatic heterocycles. The van der Waals surface area contributed by atoms with Crippen LogP contribution in [0.5, 0.6) is 0 Å². The summed E-state index contributed by atoms with van der Waals surface area (Å²) in [4.78, 5) is 58.2. The first-order chi connectivity index (χ1) is 58.2. The SMILES string of the molecule is [C-]#[N+]c1cc([N+]#[C-])c2c(c1)N(C)[C@H](C)N2c1c(C)c(C)cc(C)c1C.[C-]#[N+]c1cc([N+]#[C-])c2c(c1)N(C)[C@H](C)N2c1c(C)cc(C)c(C)c1C.[C-]#[N+]c1cc([N+]#[C-])c2c(c1)N(C)[C@H](C)N2c1c(C)ccc(C)c1C.[C-]#[N+]c1cc([N+]#[C-])c2c(c1)N(C)[C@H](C)N2c1cc(C)c(C)c(C)c1C.[C-]#[N+]c1cc([N+]#[C-])c2c(c1)N(C)[C@H](C)N2c1cc(C)cc(C)c1C. The van der Waals surface area contributed by atoms with Crippen LogP contribution in [0.15, 0.2) is 103 Å². The zero-order valence-corrected chi connectivity index (χ0v) is 76.1. The maximum atomic E-state index is 7.64. The Morgan fingerprint density at radius 2 is 0.447 bits per heavy atom. The molecular formula is C103H106N20. The number of benzene rings is 10. The van der Waals surface area contributed by atoms with Crippen molar-refractivity contribution in [3.8, 4) is 0 Å². The van der Waals surface area contributed by atoms with E-state index in [0.29, 0.717) is 56.9 Å². The van der Waals surface area contributed by atoms with Crippen LogP contribution in [0.3, 0.4) is 0 Å². The minimum Gasteiger partial charge on any atom is -0.355 e. The standard InChI is InChI=1S/3C21H22N4.2C20H20N4/c1-12-9-19(15(4)14(3)13(12)2)25-16(5)24(8)20-11-17(22-6)10-18(23-7)21(20)25;1-12-9-13(2)20(15(4)14(12)3)25-16(5)24(8)19-11-17(22-6)10-18(23-7)21(19)25;1-12-9-13(2)15(4)20(14(12)3)25-16(5)24(8)19-11-17(22-6)10-18(23-7)21(19)25;1-12-8-13(2)14(3)18(9-12)24-15(4)23(7)19-11-16(21-5)10-17(22-6)20(19)24;1-12-8-9-13(2)19(14(12)3)24-15(4)23(7)18-11-16(21-5)10-17(22-6)20(18)24/h3*9-11,16H,1-5,8H3;2*8-11,15H,1-4,7H3/t3*16-;2*15-/m00000/s1. The predicted molar refractivity (Wildman–Crippen MR) is 512 cm³/mol. The molecule has 20 heteroatoms. The monoisotopic (exact) mass is 1620 g/mol. The van der Waals surface area contributed by atoms with E-state index in [9.17, 15) is 0 Å². The summed E-state index contributed by atoms with van der Waals surface area (Å²) in [7, 11) is 10.1. The topological polar surface area (TPSA) is 76.0 Å². The van der Waals surface area contributed by atoms with Crippen LogP contribution < -0.4 is 49.0 Å². The molecular weight excluding hydrogens is 1520 g/mol. The molecule has 0 N–H and O–H groups in total. The number of aryl methyl sites for hydroxylation is 9. The molecule has 20 nitrogen and oxygen atoms in total. The maximum absolute atomic E-state index is 7.64. The molecule has 0 saturated carbocycles. The second-order valence-corrected chi connectivity index (χ2v) is 33.0. The summed E-state index contributed by atoms with van der Waals surface area (Å²) in [5.74, 6) is 0. The average molecular weight is 1620 g/mol. The van der Waals surface area contributed by atoms with Crippen molar-refractivity contribution in [1.29, 1.82) is 0 Å². The van der Waals surface area contributed by atoms with Crippen molar-refractivity contribution in [2.45, 2.75) is 190 Å². The number of rotatable bonds is 5. The van der Waals surface area contributed by atoms with E-state index in [1.165, 1.54) is 112 Å². The summed E-state index contributed by atoms with van der Waals surface area (Å²) in [5.41, 5.74) is 42.7. The number of fused-ring (bicyclic) bond motifs is 5. The quantitative estimate of drug-likeness (QED) is 0.156. The first kappa shape index (κ1) is 88.9. The van der Waals surface area contributed by atoms with Gasteiger partial charge in [0.2, 0.25) is 28.4 Å². The van der Waals surface area contributed by atoms with Gasteiger partial charge in [0, 0.05) is 92.1 Å². The lowest BCUT2D eigenvalue weighted by molar-refractivity contribution is 0.730. The first-order valence-corrected chi connectivity index (χ1v) is 40.9. The number of anilines is 15. The van der Waals surface area contributed by atoms with Gasteiger partial charge in [-0.05, 0) is 332 Å². The van der Waals surface area contributed by atoms with E-state index in [-0.39, 0.29) is 30.8 Å². The Kier molecular flexibility index (Phi) is 25.2. The van der Waals surface area contributed by atoms with Crippen molar-refractivity contribution < 1.29 is 0 Å². The van der Waals surface area contributed by atoms with Crippen LogP contribution in [0.4, 0.5) is 142 Å². The van der Waals surface area contributed by atoms with Gasteiger partial charge in [-0.15, -0.1) is 0 Å². The predicted octanol–water partition coefficient (Wildman–Crippen LogP) is 29.2. The second kappa shape index (κ2) is 34.8. The van der Waals surface area contributed by atoms with E-state index in [4.69, 9.17) is 65.7 Å². The Morgan fingerprint density at radius 3 is 0.780 bits per heavy atom. The Hall–Kier alpha value is -14.9. The summed E-state index contributed by atoms with van der Waals surface area (Å²) < 4.78 is 0. The van der Waals surface area contributed by atoms with E-state index < -0.39 is 0 Å². The highest BCUT2D eigenvalue weighted by Gasteiger charge is 2.42. The molecule has 123 heavy (non-hydrogen) atoms. The third-order valence-electron chi connectivity index (χ3n) is 26.3. The van der Waals surface area contributed by atoms with Crippen molar-refractivity contribution in [2.24, 2.45) is 0 Å². The Labute approximate surface area is 729 Å². The van der Waals surface area contributed by atoms with Crippen LogP contribution >= 0.6 is 0 Å². The third-order valence-corrected chi connectivity index (χ3v) is 26.3. The molecule has 5 atom stereocenters. The Morgan fingerprint density at radius 1 is 0.195 bits per heavy atom. The number of hydrogen-bond acceptors (Lipinski definition) is 10. The Balaban J connectivity index is 0.000000150. The molecule has 0 spiro atoms. The zero-order valence-electron chi connectivity index (χ0n) is 76.1. The highest BCUT2D eigenvalue weighted by Crippen LogP contribution is 2.59. The van der Waals surface area contributed by atoms with Crippen LogP contribution in [0.1, 0.15) is 135 Å². The molecule has 0 unspecified atom stereocenters. The lowest BCUT2D eigenvalue weighted by Crippen LogP contribution is -2.36. The highest BCUT2D eigenvalue weighted by molar-refractivity contribution is 6.02. The van der Waals surface area contributed by atoms with Crippen molar-refractivity contribution in [3.63, 3.8) is 0 Å². The molecule has 10 aromatic rings. The molecule has 10 aromatic carbocycles. The minimum absolute atomic E-state index is 0.0788. The lowest BCUT2D eigenvalue weighted by Gasteiger charge is -2.32. The normalized spacial score (nSPS) is 15.8. The first-order valence-electron chi connectivity index (χ1n) is 40.9. The summed E-state index contributed by atoms with van der Waals surface area (Å²) in [6.07, 6.45) is 0.407. The summed E-state index contributed by atoms with van der Waals surface area (Å²) >= 11 is 0. The number of nitrogens with zero attached hydrogens (tertiary/aromatic N) is 20. The smallest absolute Gasteiger partial charge is 0.202 e. The van der Waals surface area contributed by atoms with E-state index in [0.717, 1.165) is 73.9 Å². The van der Waals surface area contributed by atoms with Crippen LogP contribution in [0.25, 0.3) is 48.5 Å². The van der Waals surface area contributed by atoms with Gasteiger partial charge in [-0.25, -0.2) is 48.5 Å². The summed E-state index contributed by atoms with van der Waals surface area (Å²) in [6.45, 7) is 124. The fourth-order valence-electron chi connectivity index (χ4n) is 17.8. The molecule has 0 amide bonds. The molecule has 0 saturated heterocycles. The lowest BCUT2D eigenvalue weighted by atomic mass is 9.97. The third kappa shape index (κ3) is 15.3. The fraction of sp³-hybridized carbons (Fsp3) is 0.320. The molecule has 15 rings (SSSR count). The van der Waals surface area contributed by atoms with E-state index in [2.05, 4.69) is 299 Å². The van der Waals surface area contributed by atoms with Crippen LogP contribution in [-0.2, 0) is 0 Å². The van der Waals surface area contributed by atoms with Crippen molar-refractivity contribution >= 4 is 142 Å². The van der Waals surface area contributed by atoms with Crippen molar-refractivity contribution in [1.82, 2.24) is 0 Å². The van der Waals surface area contributed by atoms with Crippen molar-refractivity contribution in [3.05, 3.63) is 317 Å². The van der Waals surface area contributed by atoms with E-state index in [1.54, 1.807) is 30.3 Å². The molecule has 618 valence electrons.